The van der Waals surface area contributed by atoms with Crippen LogP contribution < -0.4 is 10.6 Å². The van der Waals surface area contributed by atoms with Crippen molar-refractivity contribution in [3.63, 3.8) is 0 Å². The van der Waals surface area contributed by atoms with Crippen LogP contribution in [0.5, 0.6) is 0 Å². The highest BCUT2D eigenvalue weighted by Crippen LogP contribution is 2.18. The van der Waals surface area contributed by atoms with Crippen LogP contribution in [0.4, 0.5) is 23.7 Å². The number of anilines is 1. The maximum atomic E-state index is 13.3. The number of carbonyl (C=O) groups is 1. The van der Waals surface area contributed by atoms with E-state index in [1.807, 2.05) is 0 Å². The van der Waals surface area contributed by atoms with Crippen molar-refractivity contribution in [1.29, 1.82) is 0 Å². The van der Waals surface area contributed by atoms with Crippen LogP contribution in [0, 0.1) is 17.5 Å². The van der Waals surface area contributed by atoms with Gasteiger partial charge in [0, 0.05) is 12.1 Å². The molecule has 0 bridgehead atoms. The molecule has 0 saturated heterocycles. The lowest BCUT2D eigenvalue weighted by molar-refractivity contribution is 0.172. The van der Waals surface area contributed by atoms with Crippen LogP contribution in [-0.2, 0) is 0 Å². The molecule has 106 valence electrons. The second-order valence-corrected chi connectivity index (χ2v) is 4.40. The Morgan fingerprint density at radius 2 is 1.84 bits per heavy atom. The molecular formula is C12H15F3N2O2. The van der Waals surface area contributed by atoms with Gasteiger partial charge in [-0.15, -0.1) is 0 Å². The minimum atomic E-state index is -1.34. The van der Waals surface area contributed by atoms with Crippen LogP contribution in [0.15, 0.2) is 12.1 Å². The molecule has 0 saturated carbocycles. The Morgan fingerprint density at radius 1 is 1.26 bits per heavy atom. The number of hydrogen-bond acceptors (Lipinski definition) is 2. The monoisotopic (exact) mass is 276 g/mol. The first-order valence-corrected chi connectivity index (χ1v) is 5.66. The second kappa shape index (κ2) is 5.92. The summed E-state index contributed by atoms with van der Waals surface area (Å²) in [5, 5.41) is 13.6. The van der Waals surface area contributed by atoms with E-state index in [1.54, 1.807) is 13.8 Å². The molecule has 0 aromatic heterocycles. The number of benzene rings is 1. The second-order valence-electron chi connectivity index (χ2n) is 4.40. The highest BCUT2D eigenvalue weighted by molar-refractivity contribution is 5.89. The van der Waals surface area contributed by atoms with Gasteiger partial charge in [-0.05, 0) is 13.3 Å². The summed E-state index contributed by atoms with van der Waals surface area (Å²) in [6.45, 7) is 3.03. The van der Waals surface area contributed by atoms with Crippen LogP contribution in [0.3, 0.4) is 0 Å². The first-order chi connectivity index (χ1) is 8.81. The first kappa shape index (κ1) is 15.3. The third-order valence-corrected chi connectivity index (χ3v) is 2.80. The lowest BCUT2D eigenvalue weighted by atomic mass is 10.0. The van der Waals surface area contributed by atoms with Gasteiger partial charge >= 0.3 is 6.03 Å². The molecule has 0 fully saturated rings. The molecule has 1 rings (SSSR count). The summed E-state index contributed by atoms with van der Waals surface area (Å²) in [5.41, 5.74) is -1.35. The predicted molar refractivity (Wildman–Crippen MR) is 64.3 cm³/mol. The first-order valence-electron chi connectivity index (χ1n) is 5.66. The molecule has 1 aromatic rings. The fourth-order valence-electron chi connectivity index (χ4n) is 1.29. The van der Waals surface area contributed by atoms with E-state index in [4.69, 9.17) is 5.11 Å². The molecule has 0 aliphatic carbocycles. The Balaban J connectivity index is 2.80. The van der Waals surface area contributed by atoms with Crippen LogP contribution in [0.1, 0.15) is 20.3 Å². The number of aliphatic hydroxyl groups excluding tert-OH is 1. The molecule has 4 nitrogen and oxygen atoms in total. The summed E-state index contributed by atoms with van der Waals surface area (Å²) >= 11 is 0. The standard InChI is InChI=1S/C12H15F3N2O2/c1-3-12(2,6-18)17-11(19)16-10-5-8(14)7(13)4-9(10)15/h4-5,18H,3,6H2,1-2H3,(H2,16,17,19). The van der Waals surface area contributed by atoms with Gasteiger partial charge in [-0.2, -0.15) is 0 Å². The van der Waals surface area contributed by atoms with E-state index in [1.165, 1.54) is 0 Å². The largest absolute Gasteiger partial charge is 0.394 e. The summed E-state index contributed by atoms with van der Waals surface area (Å²) in [7, 11) is 0. The van der Waals surface area contributed by atoms with E-state index in [-0.39, 0.29) is 6.61 Å². The molecule has 0 spiro atoms. The maximum absolute atomic E-state index is 13.3. The van der Waals surface area contributed by atoms with E-state index >= 15 is 0 Å². The van der Waals surface area contributed by atoms with Gasteiger partial charge in [0.05, 0.1) is 17.8 Å². The third-order valence-electron chi connectivity index (χ3n) is 2.80. The van der Waals surface area contributed by atoms with Crippen LogP contribution >= 0.6 is 0 Å². The minimum Gasteiger partial charge on any atom is -0.394 e. The van der Waals surface area contributed by atoms with E-state index in [2.05, 4.69) is 10.6 Å². The predicted octanol–water partition coefficient (Wildman–Crippen LogP) is 2.39. The molecule has 1 unspecified atom stereocenters. The smallest absolute Gasteiger partial charge is 0.319 e. The highest BCUT2D eigenvalue weighted by atomic mass is 19.2. The average Bonchev–Trinajstić information content (AvgIpc) is 2.35. The highest BCUT2D eigenvalue weighted by Gasteiger charge is 2.23. The number of urea groups is 1. The molecule has 1 aromatic carbocycles. The number of aliphatic hydroxyl groups is 1. The molecule has 7 heteroatoms. The van der Waals surface area contributed by atoms with Crippen molar-refractivity contribution in [3.8, 4) is 0 Å². The van der Waals surface area contributed by atoms with Crippen molar-refractivity contribution in [2.45, 2.75) is 25.8 Å². The van der Waals surface area contributed by atoms with Crippen molar-refractivity contribution < 1.29 is 23.1 Å². The molecular weight excluding hydrogens is 261 g/mol. The number of halogens is 3. The lowest BCUT2D eigenvalue weighted by Crippen LogP contribution is -2.50. The third kappa shape index (κ3) is 3.85. The molecule has 19 heavy (non-hydrogen) atoms. The number of amides is 2. The summed E-state index contributed by atoms with van der Waals surface area (Å²) in [4.78, 5) is 11.6. The normalized spacial score (nSPS) is 13.8. The SMILES string of the molecule is CCC(C)(CO)NC(=O)Nc1cc(F)c(F)cc1F. The summed E-state index contributed by atoms with van der Waals surface area (Å²) in [6, 6.07) is 0.0750. The van der Waals surface area contributed by atoms with Crippen LogP contribution in [-0.4, -0.2) is 23.3 Å². The minimum absolute atomic E-state index is 0.308. The molecule has 1 atom stereocenters. The van der Waals surface area contributed by atoms with Gasteiger partial charge in [0.25, 0.3) is 0 Å². The molecule has 0 heterocycles. The maximum Gasteiger partial charge on any atom is 0.319 e. The van der Waals surface area contributed by atoms with E-state index in [0.29, 0.717) is 18.6 Å². The van der Waals surface area contributed by atoms with E-state index < -0.39 is 34.7 Å². The molecule has 0 radical (unpaired) electrons. The summed E-state index contributed by atoms with van der Waals surface area (Å²) in [6.07, 6.45) is 0.442. The fourth-order valence-corrected chi connectivity index (χ4v) is 1.29. The molecule has 0 aliphatic rings. The van der Waals surface area contributed by atoms with E-state index in [0.717, 1.165) is 0 Å². The Bertz CT molecular complexity index is 476. The van der Waals surface area contributed by atoms with Gasteiger partial charge in [0.2, 0.25) is 0 Å². The van der Waals surface area contributed by atoms with Gasteiger partial charge in [-0.1, -0.05) is 6.92 Å². The van der Waals surface area contributed by atoms with Gasteiger partial charge in [0.1, 0.15) is 5.82 Å². The topological polar surface area (TPSA) is 61.4 Å². The summed E-state index contributed by atoms with van der Waals surface area (Å²) in [5.74, 6) is -3.69. The van der Waals surface area contributed by atoms with E-state index in [9.17, 15) is 18.0 Å². The van der Waals surface area contributed by atoms with Gasteiger partial charge in [0.15, 0.2) is 11.6 Å². The lowest BCUT2D eigenvalue weighted by Gasteiger charge is -2.27. The Kier molecular flexibility index (Phi) is 4.77. The zero-order chi connectivity index (χ0) is 14.6. The zero-order valence-corrected chi connectivity index (χ0v) is 10.6. The van der Waals surface area contributed by atoms with Crippen molar-refractivity contribution in [3.05, 3.63) is 29.6 Å². The van der Waals surface area contributed by atoms with Gasteiger partial charge < -0.3 is 15.7 Å². The van der Waals surface area contributed by atoms with Gasteiger partial charge in [-0.25, -0.2) is 18.0 Å². The van der Waals surface area contributed by atoms with Crippen molar-refractivity contribution in [2.24, 2.45) is 0 Å². The molecule has 0 aliphatic heterocycles. The summed E-state index contributed by atoms with van der Waals surface area (Å²) < 4.78 is 38.9. The zero-order valence-electron chi connectivity index (χ0n) is 10.6. The van der Waals surface area contributed by atoms with Crippen molar-refractivity contribution in [1.82, 2.24) is 5.32 Å². The molecule has 2 amide bonds. The van der Waals surface area contributed by atoms with Crippen LogP contribution in [0.2, 0.25) is 0 Å². The van der Waals surface area contributed by atoms with Crippen molar-refractivity contribution in [2.75, 3.05) is 11.9 Å². The van der Waals surface area contributed by atoms with Crippen LogP contribution in [0.25, 0.3) is 0 Å². The number of carbonyl (C=O) groups excluding carboxylic acids is 1. The number of nitrogens with one attached hydrogen (secondary N) is 2. The Hall–Kier alpha value is -1.76. The Morgan fingerprint density at radius 3 is 2.37 bits per heavy atom. The number of rotatable bonds is 4. The van der Waals surface area contributed by atoms with Crippen molar-refractivity contribution >= 4 is 11.7 Å². The number of hydrogen-bond donors (Lipinski definition) is 3. The Labute approximate surface area is 108 Å². The van der Waals surface area contributed by atoms with Gasteiger partial charge in [-0.3, -0.25) is 0 Å². The fraction of sp³-hybridized carbons (Fsp3) is 0.417. The average molecular weight is 276 g/mol. The molecule has 3 N–H and O–H groups in total. The quantitative estimate of drug-likeness (QED) is 0.739.